The van der Waals surface area contributed by atoms with Crippen LogP contribution in [0.15, 0.2) is 41.3 Å². The highest BCUT2D eigenvalue weighted by Crippen LogP contribution is 2.16. The number of carbonyl (C=O) groups is 2. The second kappa shape index (κ2) is 10.4. The molecule has 0 amide bonds. The molecule has 2 N–H and O–H groups in total. The Morgan fingerprint density at radius 1 is 0.852 bits per heavy atom. The van der Waals surface area contributed by atoms with E-state index in [1.54, 1.807) is 6.92 Å². The molecule has 6 nitrogen and oxygen atoms in total. The summed E-state index contributed by atoms with van der Waals surface area (Å²) < 4.78 is 34.9. The number of halogens is 1. The fourth-order valence-electron chi connectivity index (χ4n) is 1.98. The molecule has 0 spiro atoms. The van der Waals surface area contributed by atoms with Crippen molar-refractivity contribution in [2.24, 2.45) is 0 Å². The molecule has 0 bridgehead atoms. The number of hydrogen-bond donors (Lipinski definition) is 2. The van der Waals surface area contributed by atoms with Gasteiger partial charge >= 0.3 is 11.9 Å². The highest BCUT2D eigenvalue weighted by atomic mass is 32.2. The first-order chi connectivity index (χ1) is 11.4. The Kier molecular flexibility index (Phi) is 10.2. The zero-order valence-corrected chi connectivity index (χ0v) is 14.6. The maximum Gasteiger partial charge on any atom is 0.335 e. The summed E-state index contributed by atoms with van der Waals surface area (Å²) in [7, 11) is -3.27. The van der Waals surface area contributed by atoms with Crippen LogP contribution in [-0.2, 0) is 9.84 Å². The van der Waals surface area contributed by atoms with Crippen molar-refractivity contribution < 1.29 is 32.6 Å². The summed E-state index contributed by atoms with van der Waals surface area (Å²) in [4.78, 5) is 21.1. The number of hydrogen-bond acceptors (Lipinski definition) is 4. The highest BCUT2D eigenvalue weighted by Gasteiger charge is 2.12. The number of benzene rings is 2. The van der Waals surface area contributed by atoms with E-state index >= 15 is 0 Å². The molecule has 0 aliphatic rings. The molecule has 0 aliphatic carbocycles. The van der Waals surface area contributed by atoms with Crippen molar-refractivity contribution >= 4 is 21.8 Å². The zero-order valence-electron chi connectivity index (χ0n) is 13.8. The molecule has 0 radical (unpaired) electrons. The number of rotatable bonds is 3. The lowest BCUT2D eigenvalue weighted by molar-refractivity contribution is 0.0686. The lowest BCUT2D eigenvalue weighted by atomic mass is 10.1. The topological polar surface area (TPSA) is 109 Å². The third kappa shape index (κ3) is 7.57. The van der Waals surface area contributed by atoms with Gasteiger partial charge in [0.2, 0.25) is 0 Å². The first-order valence-electron chi connectivity index (χ1n) is 6.97. The summed E-state index contributed by atoms with van der Waals surface area (Å²) >= 11 is 0. The fourth-order valence-corrected chi connectivity index (χ4v) is 2.94. The smallest absolute Gasteiger partial charge is 0.335 e. The average molecular weight is 400 g/mol. The van der Waals surface area contributed by atoms with E-state index in [4.69, 9.17) is 10.2 Å². The van der Waals surface area contributed by atoms with E-state index in [2.05, 4.69) is 0 Å². The Labute approximate surface area is 159 Å². The van der Waals surface area contributed by atoms with Gasteiger partial charge in [0.1, 0.15) is 5.82 Å². The van der Waals surface area contributed by atoms with Crippen LogP contribution in [0.4, 0.5) is 4.39 Å². The maximum atomic E-state index is 12.6. The molecule has 0 unspecified atom stereocenters. The molecule has 150 valence electrons. The van der Waals surface area contributed by atoms with Crippen molar-refractivity contribution in [3.63, 3.8) is 0 Å². The SMILES string of the molecule is C.C.Cc1cc(C(=O)O)ccc1F.Cc1cc(C(=O)O)ccc1S(C)(=O)=O. The minimum absolute atomic E-state index is 0. The van der Waals surface area contributed by atoms with Gasteiger partial charge in [-0.05, 0) is 61.4 Å². The van der Waals surface area contributed by atoms with E-state index in [-0.39, 0.29) is 36.7 Å². The monoisotopic (exact) mass is 400 g/mol. The average Bonchev–Trinajstić information content (AvgIpc) is 2.49. The molecule has 0 saturated carbocycles. The maximum absolute atomic E-state index is 12.6. The van der Waals surface area contributed by atoms with Crippen molar-refractivity contribution in [3.8, 4) is 0 Å². The highest BCUT2D eigenvalue weighted by molar-refractivity contribution is 7.90. The normalized spacial score (nSPS) is 9.78. The number of carboxylic acids is 2. The van der Waals surface area contributed by atoms with Gasteiger partial charge in [0.25, 0.3) is 0 Å². The van der Waals surface area contributed by atoms with E-state index < -0.39 is 21.8 Å². The first kappa shape index (κ1) is 26.5. The summed E-state index contributed by atoms with van der Waals surface area (Å²) in [5.74, 6) is -2.48. The van der Waals surface area contributed by atoms with Gasteiger partial charge in [-0.2, -0.15) is 0 Å². The van der Waals surface area contributed by atoms with Crippen LogP contribution in [0, 0.1) is 19.7 Å². The summed E-state index contributed by atoms with van der Waals surface area (Å²) in [5.41, 5.74) is 1.01. The predicted octanol–water partition coefficient (Wildman–Crippen LogP) is 4.20. The summed E-state index contributed by atoms with van der Waals surface area (Å²) in [6, 6.07) is 7.64. The number of aryl methyl sites for hydroxylation is 2. The summed E-state index contributed by atoms with van der Waals surface area (Å²) in [5, 5.41) is 17.1. The zero-order chi connectivity index (χ0) is 19.4. The van der Waals surface area contributed by atoms with Crippen LogP contribution in [-0.4, -0.2) is 36.8 Å². The van der Waals surface area contributed by atoms with Crippen molar-refractivity contribution in [3.05, 3.63) is 64.5 Å². The van der Waals surface area contributed by atoms with Gasteiger partial charge in [0.05, 0.1) is 16.0 Å². The summed E-state index contributed by atoms with van der Waals surface area (Å²) in [6.45, 7) is 3.10. The van der Waals surface area contributed by atoms with Crippen molar-refractivity contribution in [1.29, 1.82) is 0 Å². The Morgan fingerprint density at radius 3 is 1.59 bits per heavy atom. The molecule has 0 heterocycles. The van der Waals surface area contributed by atoms with Crippen LogP contribution in [0.5, 0.6) is 0 Å². The van der Waals surface area contributed by atoms with Gasteiger partial charge < -0.3 is 10.2 Å². The van der Waals surface area contributed by atoms with Gasteiger partial charge in [-0.1, -0.05) is 14.9 Å². The van der Waals surface area contributed by atoms with E-state index in [1.165, 1.54) is 37.3 Å². The van der Waals surface area contributed by atoms with E-state index in [0.717, 1.165) is 12.3 Å². The van der Waals surface area contributed by atoms with Gasteiger partial charge in [-0.25, -0.2) is 22.4 Å². The molecule has 8 heteroatoms. The molecular formula is C19H25FO6S. The van der Waals surface area contributed by atoms with Crippen LogP contribution >= 0.6 is 0 Å². The van der Waals surface area contributed by atoms with Gasteiger partial charge in [-0.3, -0.25) is 0 Å². The lowest BCUT2D eigenvalue weighted by Crippen LogP contribution is -2.03. The van der Waals surface area contributed by atoms with Gasteiger partial charge in [-0.15, -0.1) is 0 Å². The molecule has 2 rings (SSSR count). The molecule has 0 aliphatic heterocycles. The van der Waals surface area contributed by atoms with E-state index in [9.17, 15) is 22.4 Å². The van der Waals surface area contributed by atoms with Crippen LogP contribution < -0.4 is 0 Å². The minimum Gasteiger partial charge on any atom is -0.478 e. The minimum atomic E-state index is -3.27. The van der Waals surface area contributed by atoms with Gasteiger partial charge in [0, 0.05) is 6.26 Å². The van der Waals surface area contributed by atoms with Crippen LogP contribution in [0.25, 0.3) is 0 Å². The van der Waals surface area contributed by atoms with Crippen molar-refractivity contribution in [2.75, 3.05) is 6.26 Å². The molecule has 2 aromatic rings. The second-order valence-corrected chi connectivity index (χ2v) is 7.31. The third-order valence-corrected chi connectivity index (χ3v) is 4.48. The number of aromatic carboxylic acids is 2. The first-order valence-corrected chi connectivity index (χ1v) is 8.86. The van der Waals surface area contributed by atoms with Crippen molar-refractivity contribution in [1.82, 2.24) is 0 Å². The Balaban J connectivity index is 0. The molecular weight excluding hydrogens is 375 g/mol. The Morgan fingerprint density at radius 2 is 1.26 bits per heavy atom. The molecule has 0 aromatic heterocycles. The largest absolute Gasteiger partial charge is 0.478 e. The molecule has 0 fully saturated rings. The number of sulfone groups is 1. The van der Waals surface area contributed by atoms with Crippen LogP contribution in [0.1, 0.15) is 46.7 Å². The standard InChI is InChI=1S/C9H10O4S.C8H7FO2.2CH4/c1-6-5-7(9(10)11)3-4-8(6)14(2,12)13;1-5-4-6(8(10)11)2-3-7(5)9;;/h3-5H,1-2H3,(H,10,11);2-4H,1H3,(H,10,11);2*1H4. The number of carboxylic acid groups (broad SMARTS) is 2. The van der Waals surface area contributed by atoms with Crippen LogP contribution in [0.2, 0.25) is 0 Å². The molecule has 0 atom stereocenters. The second-order valence-electron chi connectivity index (χ2n) is 5.33. The van der Waals surface area contributed by atoms with Crippen LogP contribution in [0.3, 0.4) is 0 Å². The predicted molar refractivity (Wildman–Crippen MR) is 103 cm³/mol. The Hall–Kier alpha value is -2.74. The quantitative estimate of drug-likeness (QED) is 0.799. The Bertz CT molecular complexity index is 920. The summed E-state index contributed by atoms with van der Waals surface area (Å²) in [6.07, 6.45) is 1.09. The lowest BCUT2D eigenvalue weighted by Gasteiger charge is -2.03. The van der Waals surface area contributed by atoms with Gasteiger partial charge in [0.15, 0.2) is 9.84 Å². The third-order valence-electron chi connectivity index (χ3n) is 3.23. The molecule has 27 heavy (non-hydrogen) atoms. The molecule has 0 saturated heterocycles. The van der Waals surface area contributed by atoms with Crippen molar-refractivity contribution in [2.45, 2.75) is 33.6 Å². The molecule has 2 aromatic carbocycles. The van der Waals surface area contributed by atoms with E-state index in [0.29, 0.717) is 11.1 Å². The fraction of sp³-hybridized carbons (Fsp3) is 0.263. The van der Waals surface area contributed by atoms with E-state index in [1.807, 2.05) is 0 Å².